The third-order valence-corrected chi connectivity index (χ3v) is 3.35. The van der Waals surface area contributed by atoms with Gasteiger partial charge in [-0.25, -0.2) is 9.59 Å². The predicted molar refractivity (Wildman–Crippen MR) is 64.5 cm³/mol. The van der Waals surface area contributed by atoms with E-state index in [0.29, 0.717) is 0 Å². The maximum absolute atomic E-state index is 11.5. The van der Waals surface area contributed by atoms with Crippen LogP contribution >= 0.6 is 0 Å². The zero-order valence-electron chi connectivity index (χ0n) is 10.7. The highest BCUT2D eigenvalue weighted by atomic mass is 16.6. The largest absolute Gasteiger partial charge is 0.476 e. The molecule has 0 spiro atoms. The fourth-order valence-corrected chi connectivity index (χ4v) is 2.12. The number of carbonyl (C=O) groups is 2. The van der Waals surface area contributed by atoms with E-state index in [1.54, 1.807) is 0 Å². The van der Waals surface area contributed by atoms with Crippen molar-refractivity contribution in [3.05, 3.63) is 21.5 Å². The monoisotopic (exact) mass is 283 g/mol. The molecule has 0 amide bonds. The summed E-state index contributed by atoms with van der Waals surface area (Å²) in [6, 6.07) is 0. The molecule has 1 N–H and O–H groups in total. The van der Waals surface area contributed by atoms with Gasteiger partial charge in [0.25, 0.3) is 0 Å². The summed E-state index contributed by atoms with van der Waals surface area (Å²) in [5.41, 5.74) is -1.97. The van der Waals surface area contributed by atoms with Crippen molar-refractivity contribution >= 4 is 17.6 Å². The number of hydrogen-bond donors (Lipinski definition) is 1. The fraction of sp³-hybridized carbons (Fsp3) is 0.545. The van der Waals surface area contributed by atoms with Gasteiger partial charge in [-0.1, -0.05) is 6.42 Å². The number of hydrogen-bond acceptors (Lipinski definition) is 6. The lowest BCUT2D eigenvalue weighted by Crippen LogP contribution is -2.22. The highest BCUT2D eigenvalue weighted by Gasteiger charge is 2.37. The topological polar surface area (TPSA) is 125 Å². The van der Waals surface area contributed by atoms with E-state index in [2.05, 4.69) is 9.84 Å². The Morgan fingerprint density at radius 2 is 2.20 bits per heavy atom. The first-order valence-electron chi connectivity index (χ1n) is 6.02. The number of carboxylic acids is 1. The molecule has 0 unspecified atom stereocenters. The number of aromatic carboxylic acids is 1. The molecule has 1 heterocycles. The highest BCUT2D eigenvalue weighted by molar-refractivity contribution is 5.99. The Bertz CT molecular complexity index is 575. The molecule has 0 saturated heterocycles. The van der Waals surface area contributed by atoms with Gasteiger partial charge in [0, 0.05) is 6.54 Å². The van der Waals surface area contributed by atoms with Gasteiger partial charge < -0.3 is 9.84 Å². The van der Waals surface area contributed by atoms with E-state index in [1.165, 1.54) is 0 Å². The molecule has 1 aromatic heterocycles. The van der Waals surface area contributed by atoms with Gasteiger partial charge >= 0.3 is 17.6 Å². The molecule has 1 aliphatic rings. The first kappa shape index (κ1) is 14.0. The summed E-state index contributed by atoms with van der Waals surface area (Å²) < 4.78 is 5.43. The van der Waals surface area contributed by atoms with Crippen molar-refractivity contribution in [1.29, 1.82) is 0 Å². The number of rotatable bonds is 5. The molecule has 9 heteroatoms. The van der Waals surface area contributed by atoms with Crippen LogP contribution in [0, 0.1) is 16.0 Å². The quantitative estimate of drug-likeness (QED) is 0.486. The summed E-state index contributed by atoms with van der Waals surface area (Å²) in [7, 11) is 1.05. The molecule has 108 valence electrons. The van der Waals surface area contributed by atoms with E-state index in [4.69, 9.17) is 5.11 Å². The predicted octanol–water partition coefficient (Wildman–Crippen LogP) is 1.08. The Labute approximate surface area is 113 Å². The summed E-state index contributed by atoms with van der Waals surface area (Å²) in [5.74, 6) is -2.27. The van der Waals surface area contributed by atoms with Crippen LogP contribution in [0.1, 0.15) is 40.2 Å². The summed E-state index contributed by atoms with van der Waals surface area (Å²) in [5, 5.41) is 23.9. The number of carbonyl (C=O) groups excluding carboxylic acids is 1. The van der Waals surface area contributed by atoms with Crippen LogP contribution in [0.3, 0.4) is 0 Å². The zero-order chi connectivity index (χ0) is 14.9. The highest BCUT2D eigenvalue weighted by Crippen LogP contribution is 2.31. The van der Waals surface area contributed by atoms with Crippen LogP contribution in [0.25, 0.3) is 0 Å². The minimum atomic E-state index is -1.49. The number of esters is 1. The Balaban J connectivity index is 2.51. The van der Waals surface area contributed by atoms with E-state index >= 15 is 0 Å². The van der Waals surface area contributed by atoms with Crippen molar-refractivity contribution < 1.29 is 24.4 Å². The molecular formula is C11H13N3O6. The molecule has 0 radical (unpaired) electrons. The molecule has 2 rings (SSSR count). The third-order valence-electron chi connectivity index (χ3n) is 3.35. The van der Waals surface area contributed by atoms with E-state index in [-0.39, 0.29) is 12.5 Å². The summed E-state index contributed by atoms with van der Waals surface area (Å²) in [4.78, 5) is 32.9. The van der Waals surface area contributed by atoms with Gasteiger partial charge in [-0.3, -0.25) is 14.8 Å². The summed E-state index contributed by atoms with van der Waals surface area (Å²) in [6.45, 7) is 0.249. The lowest BCUT2D eigenvalue weighted by molar-refractivity contribution is -0.385. The van der Waals surface area contributed by atoms with Gasteiger partial charge in [-0.2, -0.15) is 5.10 Å². The maximum atomic E-state index is 11.5. The minimum absolute atomic E-state index is 0.234. The Kier molecular flexibility index (Phi) is 3.68. The van der Waals surface area contributed by atoms with Gasteiger partial charge in [0.1, 0.15) is 0 Å². The molecule has 1 saturated carbocycles. The minimum Gasteiger partial charge on any atom is -0.476 e. The first-order chi connectivity index (χ1) is 9.45. The van der Waals surface area contributed by atoms with Crippen LogP contribution in [0.2, 0.25) is 0 Å². The summed E-state index contributed by atoms with van der Waals surface area (Å²) in [6.07, 6.45) is 2.88. The lowest BCUT2D eigenvalue weighted by Gasteiger charge is -2.25. The van der Waals surface area contributed by atoms with Crippen LogP contribution in [0.5, 0.6) is 0 Å². The maximum Gasteiger partial charge on any atom is 0.365 e. The van der Waals surface area contributed by atoms with Crippen molar-refractivity contribution in [3.8, 4) is 0 Å². The molecular weight excluding hydrogens is 270 g/mol. The molecule has 1 aliphatic carbocycles. The van der Waals surface area contributed by atoms with Gasteiger partial charge in [-0.05, 0) is 18.8 Å². The zero-order valence-corrected chi connectivity index (χ0v) is 10.7. The van der Waals surface area contributed by atoms with Crippen LogP contribution in [0.4, 0.5) is 5.69 Å². The number of nitrogens with zero attached hydrogens (tertiary/aromatic N) is 3. The average Bonchev–Trinajstić information content (AvgIpc) is 2.72. The van der Waals surface area contributed by atoms with E-state index in [9.17, 15) is 19.7 Å². The average molecular weight is 283 g/mol. The molecule has 20 heavy (non-hydrogen) atoms. The smallest absolute Gasteiger partial charge is 0.365 e. The summed E-state index contributed by atoms with van der Waals surface area (Å²) >= 11 is 0. The Hall–Kier alpha value is -2.45. The normalized spacial score (nSPS) is 14.7. The number of methoxy groups -OCH3 is 1. The van der Waals surface area contributed by atoms with Gasteiger partial charge in [0.2, 0.25) is 11.4 Å². The van der Waals surface area contributed by atoms with Gasteiger partial charge in [-0.15, -0.1) is 0 Å². The van der Waals surface area contributed by atoms with Crippen molar-refractivity contribution in [2.75, 3.05) is 7.11 Å². The van der Waals surface area contributed by atoms with Gasteiger partial charge in [0.05, 0.1) is 12.0 Å². The van der Waals surface area contributed by atoms with Crippen LogP contribution < -0.4 is 0 Å². The lowest BCUT2D eigenvalue weighted by atomic mass is 9.85. The first-order valence-corrected chi connectivity index (χ1v) is 6.02. The number of ether oxygens (including phenoxy) is 1. The van der Waals surface area contributed by atoms with E-state index < -0.39 is 33.9 Å². The second kappa shape index (κ2) is 5.27. The molecule has 0 atom stereocenters. The second-order valence-corrected chi connectivity index (χ2v) is 4.58. The van der Waals surface area contributed by atoms with E-state index in [0.717, 1.165) is 31.1 Å². The van der Waals surface area contributed by atoms with Crippen molar-refractivity contribution in [2.24, 2.45) is 5.92 Å². The van der Waals surface area contributed by atoms with Crippen molar-refractivity contribution in [2.45, 2.75) is 25.8 Å². The SMILES string of the molecule is COC(=O)c1nn(CC2CCC2)c(C(=O)O)c1[N+](=O)[O-]. The fourth-order valence-electron chi connectivity index (χ4n) is 2.12. The molecule has 0 bridgehead atoms. The Morgan fingerprint density at radius 1 is 1.55 bits per heavy atom. The number of nitro groups is 1. The standard InChI is InChI=1S/C11H13N3O6/c1-20-11(17)7-8(14(18)19)9(10(15)16)13(12-7)5-6-3-2-4-6/h6H,2-5H2,1H3,(H,15,16). The third kappa shape index (κ3) is 2.33. The number of carboxylic acid groups (broad SMARTS) is 1. The van der Waals surface area contributed by atoms with E-state index in [1.807, 2.05) is 0 Å². The molecule has 1 fully saturated rings. The van der Waals surface area contributed by atoms with Crippen molar-refractivity contribution in [3.63, 3.8) is 0 Å². The van der Waals surface area contributed by atoms with Crippen LogP contribution in [-0.4, -0.2) is 38.9 Å². The Morgan fingerprint density at radius 3 is 2.60 bits per heavy atom. The van der Waals surface area contributed by atoms with Crippen molar-refractivity contribution in [1.82, 2.24) is 9.78 Å². The number of aromatic nitrogens is 2. The molecule has 9 nitrogen and oxygen atoms in total. The van der Waals surface area contributed by atoms with Gasteiger partial charge in [0.15, 0.2) is 0 Å². The van der Waals surface area contributed by atoms with Crippen LogP contribution in [-0.2, 0) is 11.3 Å². The second-order valence-electron chi connectivity index (χ2n) is 4.58. The molecule has 1 aromatic rings. The van der Waals surface area contributed by atoms with Crippen LogP contribution in [0.15, 0.2) is 0 Å². The molecule has 0 aliphatic heterocycles. The molecule has 0 aromatic carbocycles.